The molecule has 0 aromatic carbocycles. The fourth-order valence-electron chi connectivity index (χ4n) is 3.24. The Labute approximate surface area is 138 Å². The second kappa shape index (κ2) is 7.94. The van der Waals surface area contributed by atoms with Gasteiger partial charge in [0.05, 0.1) is 6.04 Å². The van der Waals surface area contributed by atoms with Crippen LogP contribution in [-0.4, -0.2) is 60.4 Å². The molecule has 3 rings (SSSR count). The monoisotopic (exact) mass is 327 g/mol. The number of carbonyl (C=O) groups is 1. The normalized spacial score (nSPS) is 25.7. The highest BCUT2D eigenvalue weighted by molar-refractivity contribution is 5.92. The highest BCUT2D eigenvalue weighted by atomic mass is 35.5. The van der Waals surface area contributed by atoms with E-state index in [0.717, 1.165) is 39.1 Å². The van der Waals surface area contributed by atoms with E-state index in [1.54, 1.807) is 0 Å². The van der Waals surface area contributed by atoms with Crippen LogP contribution >= 0.6 is 12.4 Å². The standard InChI is InChI=1S/C15H25N5O.ClH/c1-19-7-4-12(11-19)9-17-15(21)14-5-8-20(18-14)13-3-2-6-16-10-13;/h5,8,12-13,16H,2-4,6-7,9-11H2,1H3,(H,17,21);1H. The van der Waals surface area contributed by atoms with Crippen LogP contribution in [0.2, 0.25) is 0 Å². The lowest BCUT2D eigenvalue weighted by molar-refractivity contribution is 0.0941. The molecule has 2 fully saturated rings. The molecule has 2 aliphatic rings. The molecule has 0 saturated carbocycles. The summed E-state index contributed by atoms with van der Waals surface area (Å²) in [7, 11) is 2.13. The van der Waals surface area contributed by atoms with Gasteiger partial charge in [-0.2, -0.15) is 5.10 Å². The van der Waals surface area contributed by atoms with E-state index in [-0.39, 0.29) is 18.3 Å². The summed E-state index contributed by atoms with van der Waals surface area (Å²) >= 11 is 0. The van der Waals surface area contributed by atoms with Crippen molar-refractivity contribution in [2.75, 3.05) is 39.8 Å². The topological polar surface area (TPSA) is 62.2 Å². The molecule has 2 atom stereocenters. The second-order valence-corrected chi connectivity index (χ2v) is 6.31. The van der Waals surface area contributed by atoms with Crippen LogP contribution in [0.25, 0.3) is 0 Å². The van der Waals surface area contributed by atoms with Crippen LogP contribution in [0.3, 0.4) is 0 Å². The molecule has 0 radical (unpaired) electrons. The van der Waals surface area contributed by atoms with Crippen molar-refractivity contribution in [1.82, 2.24) is 25.3 Å². The number of nitrogens with zero attached hydrogens (tertiary/aromatic N) is 3. The van der Waals surface area contributed by atoms with Gasteiger partial charge < -0.3 is 15.5 Å². The first-order chi connectivity index (χ1) is 10.2. The van der Waals surface area contributed by atoms with Gasteiger partial charge in [0.15, 0.2) is 0 Å². The maximum atomic E-state index is 12.2. The number of hydrogen-bond donors (Lipinski definition) is 2. The molecule has 22 heavy (non-hydrogen) atoms. The highest BCUT2D eigenvalue weighted by Gasteiger charge is 2.21. The number of nitrogens with one attached hydrogen (secondary N) is 2. The summed E-state index contributed by atoms with van der Waals surface area (Å²) in [5, 5.41) is 10.8. The van der Waals surface area contributed by atoms with E-state index >= 15 is 0 Å². The van der Waals surface area contributed by atoms with Crippen molar-refractivity contribution in [3.63, 3.8) is 0 Å². The average Bonchev–Trinajstić information content (AvgIpc) is 3.15. The number of halogens is 1. The molecule has 3 heterocycles. The van der Waals surface area contributed by atoms with Gasteiger partial charge in [-0.25, -0.2) is 0 Å². The summed E-state index contributed by atoms with van der Waals surface area (Å²) < 4.78 is 1.93. The summed E-state index contributed by atoms with van der Waals surface area (Å²) in [5.74, 6) is 0.524. The summed E-state index contributed by atoms with van der Waals surface area (Å²) in [5.41, 5.74) is 0.534. The predicted octanol–water partition coefficient (Wildman–Crippen LogP) is 0.911. The Morgan fingerprint density at radius 3 is 3.05 bits per heavy atom. The molecule has 1 aromatic rings. The van der Waals surface area contributed by atoms with Crippen LogP contribution in [0.1, 0.15) is 35.8 Å². The molecule has 2 unspecified atom stereocenters. The van der Waals surface area contributed by atoms with Gasteiger partial charge in [0.2, 0.25) is 0 Å². The second-order valence-electron chi connectivity index (χ2n) is 6.31. The van der Waals surface area contributed by atoms with E-state index in [1.165, 1.54) is 12.8 Å². The van der Waals surface area contributed by atoms with Crippen molar-refractivity contribution in [3.05, 3.63) is 18.0 Å². The van der Waals surface area contributed by atoms with Gasteiger partial charge in [-0.1, -0.05) is 0 Å². The van der Waals surface area contributed by atoms with Gasteiger partial charge in [-0.3, -0.25) is 9.48 Å². The van der Waals surface area contributed by atoms with Gasteiger partial charge in [0.25, 0.3) is 5.91 Å². The lowest BCUT2D eigenvalue weighted by Gasteiger charge is -2.22. The maximum Gasteiger partial charge on any atom is 0.271 e. The molecule has 2 N–H and O–H groups in total. The first kappa shape index (κ1) is 17.2. The third-order valence-electron chi connectivity index (χ3n) is 4.53. The minimum atomic E-state index is -0.0490. The number of piperidine rings is 1. The van der Waals surface area contributed by atoms with Crippen molar-refractivity contribution in [1.29, 1.82) is 0 Å². The van der Waals surface area contributed by atoms with Crippen LogP contribution in [0, 0.1) is 5.92 Å². The molecule has 1 aromatic heterocycles. The molecule has 7 heteroatoms. The fraction of sp³-hybridized carbons (Fsp3) is 0.733. The minimum absolute atomic E-state index is 0. The van der Waals surface area contributed by atoms with Crippen molar-refractivity contribution in [3.8, 4) is 0 Å². The van der Waals surface area contributed by atoms with Gasteiger partial charge >= 0.3 is 0 Å². The van der Waals surface area contributed by atoms with E-state index in [2.05, 4.69) is 27.7 Å². The number of rotatable bonds is 4. The van der Waals surface area contributed by atoms with E-state index in [4.69, 9.17) is 0 Å². The van der Waals surface area contributed by atoms with Crippen LogP contribution in [-0.2, 0) is 0 Å². The van der Waals surface area contributed by atoms with E-state index in [1.807, 2.05) is 16.9 Å². The lowest BCUT2D eigenvalue weighted by Crippen LogP contribution is -2.33. The molecule has 1 amide bonds. The number of aromatic nitrogens is 2. The van der Waals surface area contributed by atoms with Gasteiger partial charge in [-0.05, 0) is 51.4 Å². The van der Waals surface area contributed by atoms with E-state index < -0.39 is 0 Å². The SMILES string of the molecule is CN1CCC(CNC(=O)c2ccn(C3CCCNC3)n2)C1.Cl. The number of hydrogen-bond acceptors (Lipinski definition) is 4. The van der Waals surface area contributed by atoms with Crippen LogP contribution in [0.15, 0.2) is 12.3 Å². The van der Waals surface area contributed by atoms with Crippen LogP contribution < -0.4 is 10.6 Å². The predicted molar refractivity (Wildman–Crippen MR) is 88.6 cm³/mol. The Balaban J connectivity index is 0.00000176. The van der Waals surface area contributed by atoms with Gasteiger partial charge in [0, 0.05) is 25.8 Å². The van der Waals surface area contributed by atoms with Gasteiger partial charge in [0.1, 0.15) is 5.69 Å². The smallest absolute Gasteiger partial charge is 0.271 e. The third-order valence-corrected chi connectivity index (χ3v) is 4.53. The Bertz CT molecular complexity index is 486. The fourth-order valence-corrected chi connectivity index (χ4v) is 3.24. The van der Waals surface area contributed by atoms with Crippen molar-refractivity contribution < 1.29 is 4.79 Å². The Morgan fingerprint density at radius 2 is 2.36 bits per heavy atom. The van der Waals surface area contributed by atoms with E-state index in [9.17, 15) is 4.79 Å². The van der Waals surface area contributed by atoms with Crippen LogP contribution in [0.5, 0.6) is 0 Å². The van der Waals surface area contributed by atoms with Crippen LogP contribution in [0.4, 0.5) is 0 Å². The zero-order chi connectivity index (χ0) is 14.7. The highest BCUT2D eigenvalue weighted by Crippen LogP contribution is 2.16. The third kappa shape index (κ3) is 4.21. The van der Waals surface area contributed by atoms with Crippen molar-refractivity contribution in [2.45, 2.75) is 25.3 Å². The molecule has 124 valence electrons. The molecule has 0 bridgehead atoms. The van der Waals surface area contributed by atoms with E-state index in [0.29, 0.717) is 17.7 Å². The molecular formula is C15H26ClN5O. The Kier molecular flexibility index (Phi) is 6.23. The van der Waals surface area contributed by atoms with Crippen molar-refractivity contribution >= 4 is 18.3 Å². The maximum absolute atomic E-state index is 12.2. The number of amides is 1. The summed E-state index contributed by atoms with van der Waals surface area (Å²) in [4.78, 5) is 14.5. The molecule has 6 nitrogen and oxygen atoms in total. The first-order valence-corrected chi connectivity index (χ1v) is 7.95. The largest absolute Gasteiger partial charge is 0.350 e. The summed E-state index contributed by atoms with van der Waals surface area (Å²) in [6.07, 6.45) is 5.39. The first-order valence-electron chi connectivity index (χ1n) is 7.95. The Morgan fingerprint density at radius 1 is 1.50 bits per heavy atom. The molecular weight excluding hydrogens is 302 g/mol. The quantitative estimate of drug-likeness (QED) is 0.863. The molecule has 0 spiro atoms. The zero-order valence-electron chi connectivity index (χ0n) is 13.1. The number of likely N-dealkylation sites (tertiary alicyclic amines) is 1. The number of carbonyl (C=O) groups excluding carboxylic acids is 1. The summed E-state index contributed by atoms with van der Waals surface area (Å²) in [6, 6.07) is 2.20. The van der Waals surface area contributed by atoms with Gasteiger partial charge in [-0.15, -0.1) is 12.4 Å². The molecule has 2 aliphatic heterocycles. The van der Waals surface area contributed by atoms with Crippen molar-refractivity contribution in [2.24, 2.45) is 5.92 Å². The zero-order valence-corrected chi connectivity index (χ0v) is 13.9. The molecule has 0 aliphatic carbocycles. The summed E-state index contributed by atoms with van der Waals surface area (Å²) in [6.45, 7) is 4.98. The molecule has 2 saturated heterocycles. The lowest BCUT2D eigenvalue weighted by atomic mass is 10.1. The minimum Gasteiger partial charge on any atom is -0.350 e. The average molecular weight is 328 g/mol. The Hall–Kier alpha value is -1.11.